The number of methoxy groups -OCH3 is 1. The van der Waals surface area contributed by atoms with E-state index >= 15 is 0 Å². The van der Waals surface area contributed by atoms with Gasteiger partial charge < -0.3 is 28.4 Å². The molecule has 0 aliphatic heterocycles. The van der Waals surface area contributed by atoms with Gasteiger partial charge in [-0.1, -0.05) is 72.8 Å². The van der Waals surface area contributed by atoms with E-state index in [4.69, 9.17) is 40.0 Å². The first-order valence-electron chi connectivity index (χ1n) is 15.2. The van der Waals surface area contributed by atoms with Gasteiger partial charge in [0.1, 0.15) is 43.5 Å². The highest BCUT2D eigenvalue weighted by Crippen LogP contribution is 2.59. The number of rotatable bonds is 14. The fourth-order valence-electron chi connectivity index (χ4n) is 6.73. The van der Waals surface area contributed by atoms with Crippen molar-refractivity contribution in [2.75, 3.05) is 46.8 Å². The van der Waals surface area contributed by atoms with E-state index < -0.39 is 17.5 Å². The van der Waals surface area contributed by atoms with E-state index in [1.807, 2.05) is 72.8 Å². The Hall–Kier alpha value is -4.37. The summed E-state index contributed by atoms with van der Waals surface area (Å²) in [4.78, 5) is 24.8. The lowest BCUT2D eigenvalue weighted by molar-refractivity contribution is -0.163. The minimum absolute atomic E-state index is 0.0245. The number of carbonyl (C=O) groups is 2. The second kappa shape index (κ2) is 14.0. The molecule has 3 aliphatic rings. The molecule has 0 heterocycles. The largest absolute Gasteiger partial charge is 0.491 e. The molecule has 0 fully saturated rings. The Morgan fingerprint density at radius 3 is 2.15 bits per heavy atom. The van der Waals surface area contributed by atoms with E-state index in [0.29, 0.717) is 36.2 Å². The maximum absolute atomic E-state index is 13.7. The molecule has 0 amide bonds. The maximum atomic E-state index is 13.7. The topological polar surface area (TPSA) is 89.5 Å². The highest BCUT2D eigenvalue weighted by Gasteiger charge is 2.58. The van der Waals surface area contributed by atoms with Crippen LogP contribution in [0.1, 0.15) is 34.6 Å². The molecule has 46 heavy (non-hydrogen) atoms. The van der Waals surface area contributed by atoms with Crippen LogP contribution in [0.3, 0.4) is 0 Å². The van der Waals surface area contributed by atoms with Crippen LogP contribution >= 0.6 is 11.6 Å². The number of hydrogen-bond acceptors (Lipinski definition) is 8. The molecule has 238 valence electrons. The standard InChI is InChI=1S/C37H35ClO8/c1-3-35(39)45-19-17-42-16-18-43-33-14-15-34(27-10-5-4-9-26(27)33)44-20-21-46-36(40)32-23-28-25-8-6-7-11-30(25)37(32,41-2)31-13-12-24(38)22-29(28)31/h3-15,22,28,32H,1,16-21,23H2,2H3. The van der Waals surface area contributed by atoms with Gasteiger partial charge in [0, 0.05) is 34.9 Å². The molecular weight excluding hydrogens is 608 g/mol. The van der Waals surface area contributed by atoms with Gasteiger partial charge >= 0.3 is 11.9 Å². The van der Waals surface area contributed by atoms with E-state index in [1.54, 1.807) is 7.11 Å². The minimum atomic E-state index is -0.960. The molecule has 0 spiro atoms. The Labute approximate surface area is 272 Å². The molecule has 0 saturated heterocycles. The van der Waals surface area contributed by atoms with Crippen LogP contribution in [-0.4, -0.2) is 58.7 Å². The maximum Gasteiger partial charge on any atom is 0.330 e. The van der Waals surface area contributed by atoms with Crippen LogP contribution in [0.25, 0.3) is 10.8 Å². The third kappa shape index (κ3) is 5.96. The Bertz CT molecular complexity index is 1750. The molecule has 3 aliphatic carbocycles. The molecule has 8 nitrogen and oxygen atoms in total. The van der Waals surface area contributed by atoms with Crippen molar-refractivity contribution in [1.82, 2.24) is 0 Å². The van der Waals surface area contributed by atoms with Gasteiger partial charge in [0.2, 0.25) is 0 Å². The molecule has 0 N–H and O–H groups in total. The minimum Gasteiger partial charge on any atom is -0.491 e. The molecular formula is C37H35ClO8. The number of hydrogen-bond donors (Lipinski definition) is 0. The van der Waals surface area contributed by atoms with Crippen LogP contribution in [0.4, 0.5) is 0 Å². The number of ether oxygens (including phenoxy) is 6. The van der Waals surface area contributed by atoms with Crippen molar-refractivity contribution in [1.29, 1.82) is 0 Å². The molecule has 3 atom stereocenters. The number of benzene rings is 4. The van der Waals surface area contributed by atoms with Gasteiger partial charge in [-0.3, -0.25) is 4.79 Å². The summed E-state index contributed by atoms with van der Waals surface area (Å²) >= 11 is 6.39. The zero-order valence-corrected chi connectivity index (χ0v) is 26.3. The van der Waals surface area contributed by atoms with Gasteiger partial charge in [0.15, 0.2) is 0 Å². The second-order valence-electron chi connectivity index (χ2n) is 11.1. The van der Waals surface area contributed by atoms with Crippen LogP contribution < -0.4 is 9.47 Å². The summed E-state index contributed by atoms with van der Waals surface area (Å²) in [5, 5.41) is 2.42. The van der Waals surface area contributed by atoms with Gasteiger partial charge in [0.25, 0.3) is 0 Å². The Kier molecular flexibility index (Phi) is 9.59. The third-order valence-corrected chi connectivity index (χ3v) is 8.88. The lowest BCUT2D eigenvalue weighted by Crippen LogP contribution is -2.52. The van der Waals surface area contributed by atoms with Crippen LogP contribution in [0.2, 0.25) is 5.02 Å². The Morgan fingerprint density at radius 2 is 1.43 bits per heavy atom. The number of halogens is 1. The van der Waals surface area contributed by atoms with Crippen LogP contribution in [0.15, 0.2) is 91.5 Å². The first-order chi connectivity index (χ1) is 22.5. The van der Waals surface area contributed by atoms with Crippen molar-refractivity contribution < 1.29 is 38.0 Å². The monoisotopic (exact) mass is 642 g/mol. The summed E-state index contributed by atoms with van der Waals surface area (Å²) in [6.45, 7) is 4.70. The summed E-state index contributed by atoms with van der Waals surface area (Å²) < 4.78 is 34.5. The number of esters is 2. The zero-order valence-electron chi connectivity index (χ0n) is 25.5. The SMILES string of the molecule is C=CC(=O)OCCOCCOc1ccc(OCCOC(=O)C2CC3c4ccccc4C2(OC)c2ccc(Cl)cc23)c2ccccc12. The fraction of sp³-hybridized carbons (Fsp3) is 0.297. The van der Waals surface area contributed by atoms with Gasteiger partial charge in [-0.05, 0) is 52.9 Å². The lowest BCUT2D eigenvalue weighted by atomic mass is 9.56. The van der Waals surface area contributed by atoms with Crippen molar-refractivity contribution in [3.63, 3.8) is 0 Å². The zero-order chi connectivity index (χ0) is 32.1. The number of carbonyl (C=O) groups excluding carboxylic acids is 2. The third-order valence-electron chi connectivity index (χ3n) is 8.65. The summed E-state index contributed by atoms with van der Waals surface area (Å²) in [6, 6.07) is 25.4. The van der Waals surface area contributed by atoms with Crippen LogP contribution in [-0.2, 0) is 34.1 Å². The van der Waals surface area contributed by atoms with Crippen LogP contribution in [0.5, 0.6) is 11.5 Å². The van der Waals surface area contributed by atoms with E-state index in [1.165, 1.54) is 0 Å². The molecule has 3 unspecified atom stereocenters. The number of fused-ring (bicyclic) bond motifs is 2. The average Bonchev–Trinajstić information content (AvgIpc) is 3.09. The second-order valence-corrected chi connectivity index (χ2v) is 11.5. The predicted molar refractivity (Wildman–Crippen MR) is 174 cm³/mol. The quantitative estimate of drug-likeness (QED) is 0.0864. The van der Waals surface area contributed by atoms with Gasteiger partial charge in [-0.2, -0.15) is 0 Å². The van der Waals surface area contributed by atoms with Crippen molar-refractivity contribution in [3.8, 4) is 11.5 Å². The normalized spacial score (nSPS) is 19.2. The fourth-order valence-corrected chi connectivity index (χ4v) is 6.91. The van der Waals surface area contributed by atoms with Gasteiger partial charge in [-0.25, -0.2) is 4.79 Å². The van der Waals surface area contributed by atoms with Gasteiger partial charge in [-0.15, -0.1) is 0 Å². The molecule has 0 saturated carbocycles. The average molecular weight is 643 g/mol. The predicted octanol–water partition coefficient (Wildman–Crippen LogP) is 6.60. The van der Waals surface area contributed by atoms with E-state index in [0.717, 1.165) is 39.1 Å². The van der Waals surface area contributed by atoms with Crippen LogP contribution in [0, 0.1) is 5.92 Å². The summed E-state index contributed by atoms with van der Waals surface area (Å²) in [6.07, 6.45) is 1.68. The first-order valence-corrected chi connectivity index (χ1v) is 15.6. The van der Waals surface area contributed by atoms with E-state index in [2.05, 4.69) is 12.6 Å². The molecule has 4 aromatic carbocycles. The van der Waals surface area contributed by atoms with Crippen molar-refractivity contribution >= 4 is 34.3 Å². The molecule has 7 rings (SSSR count). The Balaban J connectivity index is 1.07. The van der Waals surface area contributed by atoms with E-state index in [-0.39, 0.29) is 38.3 Å². The molecule has 0 aromatic heterocycles. The summed E-state index contributed by atoms with van der Waals surface area (Å²) in [5.74, 6) is 0.0519. The smallest absolute Gasteiger partial charge is 0.330 e. The summed E-state index contributed by atoms with van der Waals surface area (Å²) in [7, 11) is 1.65. The lowest BCUT2D eigenvalue weighted by Gasteiger charge is -2.52. The first kappa shape index (κ1) is 31.6. The van der Waals surface area contributed by atoms with Gasteiger partial charge in [0.05, 0.1) is 19.1 Å². The molecule has 9 heteroatoms. The molecule has 0 radical (unpaired) electrons. The molecule has 2 bridgehead atoms. The Morgan fingerprint density at radius 1 is 0.804 bits per heavy atom. The van der Waals surface area contributed by atoms with Crippen molar-refractivity contribution in [2.24, 2.45) is 5.92 Å². The highest BCUT2D eigenvalue weighted by molar-refractivity contribution is 6.30. The molecule has 4 aromatic rings. The van der Waals surface area contributed by atoms with Crippen molar-refractivity contribution in [2.45, 2.75) is 17.9 Å². The van der Waals surface area contributed by atoms with Crippen molar-refractivity contribution in [3.05, 3.63) is 119 Å². The summed E-state index contributed by atoms with van der Waals surface area (Å²) in [5.41, 5.74) is 3.25. The highest BCUT2D eigenvalue weighted by atomic mass is 35.5. The van der Waals surface area contributed by atoms with E-state index in [9.17, 15) is 9.59 Å².